The minimum Gasteiger partial charge on any atom is -0.497 e. The number of methoxy groups -OCH3 is 1. The van der Waals surface area contributed by atoms with Gasteiger partial charge >= 0.3 is 0 Å². The van der Waals surface area contributed by atoms with Gasteiger partial charge in [-0.15, -0.1) is 0 Å². The van der Waals surface area contributed by atoms with Crippen LogP contribution in [0.3, 0.4) is 0 Å². The third-order valence-corrected chi connectivity index (χ3v) is 6.45. The number of hydrogen-bond donors (Lipinski definition) is 0. The summed E-state index contributed by atoms with van der Waals surface area (Å²) in [6.07, 6.45) is 2.48. The topological polar surface area (TPSA) is 59.1 Å². The van der Waals surface area contributed by atoms with E-state index >= 15 is 0 Å². The molecule has 30 heavy (non-hydrogen) atoms. The van der Waals surface area contributed by atoms with Gasteiger partial charge in [0.1, 0.15) is 17.2 Å². The Morgan fingerprint density at radius 2 is 1.53 bits per heavy atom. The largest absolute Gasteiger partial charge is 0.497 e. The van der Waals surface area contributed by atoms with Crippen LogP contribution in [0.25, 0.3) is 0 Å². The SMILES string of the molecule is COc1ccc(Oc2ccc(C(=O)N(C)[C@@H]3C[C@@H]4CC(=O)N(C)C[C@@H]4C3)cc2)cc1. The Morgan fingerprint density at radius 3 is 2.17 bits per heavy atom. The minimum absolute atomic E-state index is 0.00863. The molecule has 0 radical (unpaired) electrons. The van der Waals surface area contributed by atoms with Crippen molar-refractivity contribution < 1.29 is 19.1 Å². The monoisotopic (exact) mass is 408 g/mol. The summed E-state index contributed by atoms with van der Waals surface area (Å²) in [6, 6.07) is 14.8. The maximum Gasteiger partial charge on any atom is 0.253 e. The van der Waals surface area contributed by atoms with E-state index in [0.29, 0.717) is 35.3 Å². The van der Waals surface area contributed by atoms with Crippen LogP contribution in [-0.2, 0) is 4.79 Å². The van der Waals surface area contributed by atoms with Crippen molar-refractivity contribution >= 4 is 11.8 Å². The van der Waals surface area contributed by atoms with E-state index in [1.54, 1.807) is 19.2 Å². The lowest BCUT2D eigenvalue weighted by Gasteiger charge is -2.31. The predicted molar refractivity (Wildman–Crippen MR) is 114 cm³/mol. The quantitative estimate of drug-likeness (QED) is 0.755. The Labute approximate surface area is 177 Å². The Morgan fingerprint density at radius 1 is 0.967 bits per heavy atom. The first kappa shape index (κ1) is 20.3. The normalized spacial score (nSPS) is 23.1. The van der Waals surface area contributed by atoms with E-state index in [-0.39, 0.29) is 17.9 Å². The van der Waals surface area contributed by atoms with Gasteiger partial charge in [-0.25, -0.2) is 0 Å². The first-order chi connectivity index (χ1) is 14.4. The van der Waals surface area contributed by atoms with Gasteiger partial charge < -0.3 is 19.3 Å². The number of piperidine rings is 1. The van der Waals surface area contributed by atoms with Gasteiger partial charge in [0.05, 0.1) is 7.11 Å². The summed E-state index contributed by atoms with van der Waals surface area (Å²) in [4.78, 5) is 28.7. The molecule has 2 aliphatic rings. The molecule has 1 saturated heterocycles. The number of carbonyl (C=O) groups excluding carboxylic acids is 2. The number of nitrogens with zero attached hydrogens (tertiary/aromatic N) is 2. The Bertz CT molecular complexity index is 910. The molecule has 1 aliphatic heterocycles. The van der Waals surface area contributed by atoms with Crippen LogP contribution >= 0.6 is 0 Å². The molecule has 2 amide bonds. The summed E-state index contributed by atoms with van der Waals surface area (Å²) in [5.41, 5.74) is 0.641. The van der Waals surface area contributed by atoms with Gasteiger partial charge in [0.15, 0.2) is 0 Å². The fourth-order valence-corrected chi connectivity index (χ4v) is 4.62. The van der Waals surface area contributed by atoms with E-state index in [0.717, 1.165) is 25.1 Å². The lowest BCUT2D eigenvalue weighted by atomic mass is 9.88. The van der Waals surface area contributed by atoms with Crippen molar-refractivity contribution in [2.45, 2.75) is 25.3 Å². The van der Waals surface area contributed by atoms with Crippen molar-refractivity contribution in [1.29, 1.82) is 0 Å². The first-order valence-electron chi connectivity index (χ1n) is 10.4. The van der Waals surface area contributed by atoms with Crippen LogP contribution in [0.1, 0.15) is 29.6 Å². The molecule has 1 heterocycles. The molecule has 3 atom stereocenters. The van der Waals surface area contributed by atoms with Gasteiger partial charge in [-0.1, -0.05) is 0 Å². The summed E-state index contributed by atoms with van der Waals surface area (Å²) in [6.45, 7) is 0.805. The summed E-state index contributed by atoms with van der Waals surface area (Å²) in [7, 11) is 5.37. The number of likely N-dealkylation sites (tertiary alicyclic amines) is 1. The van der Waals surface area contributed by atoms with Crippen LogP contribution in [0, 0.1) is 11.8 Å². The summed E-state index contributed by atoms with van der Waals surface area (Å²) in [5, 5.41) is 0. The second kappa shape index (κ2) is 8.38. The van der Waals surface area contributed by atoms with Crippen LogP contribution in [0.5, 0.6) is 17.2 Å². The third-order valence-electron chi connectivity index (χ3n) is 6.45. The molecule has 2 aromatic rings. The van der Waals surface area contributed by atoms with E-state index in [4.69, 9.17) is 9.47 Å². The molecule has 6 nitrogen and oxygen atoms in total. The van der Waals surface area contributed by atoms with Gasteiger partial charge in [0.2, 0.25) is 5.91 Å². The average Bonchev–Trinajstić information content (AvgIpc) is 3.16. The molecule has 0 aromatic heterocycles. The smallest absolute Gasteiger partial charge is 0.253 e. The number of hydrogen-bond acceptors (Lipinski definition) is 4. The fraction of sp³-hybridized carbons (Fsp3) is 0.417. The molecule has 1 aliphatic carbocycles. The average molecular weight is 408 g/mol. The van der Waals surface area contributed by atoms with Crippen LogP contribution in [-0.4, -0.2) is 55.4 Å². The van der Waals surface area contributed by atoms with Crippen molar-refractivity contribution in [2.75, 3.05) is 27.7 Å². The van der Waals surface area contributed by atoms with Crippen LogP contribution in [0.4, 0.5) is 0 Å². The van der Waals surface area contributed by atoms with Gasteiger partial charge in [0.25, 0.3) is 5.91 Å². The molecule has 0 N–H and O–H groups in total. The van der Waals surface area contributed by atoms with E-state index in [9.17, 15) is 9.59 Å². The Kier molecular flexibility index (Phi) is 5.66. The van der Waals surface area contributed by atoms with Gasteiger partial charge in [-0.05, 0) is 73.2 Å². The van der Waals surface area contributed by atoms with Crippen LogP contribution in [0.15, 0.2) is 48.5 Å². The summed E-state index contributed by atoms with van der Waals surface area (Å²) in [5.74, 6) is 3.28. The molecule has 6 heteroatoms. The number of carbonyl (C=O) groups is 2. The van der Waals surface area contributed by atoms with Gasteiger partial charge in [-0.3, -0.25) is 9.59 Å². The van der Waals surface area contributed by atoms with Crippen molar-refractivity contribution in [3.8, 4) is 17.2 Å². The number of amides is 2. The summed E-state index contributed by atoms with van der Waals surface area (Å²) >= 11 is 0. The van der Waals surface area contributed by atoms with Crippen molar-refractivity contribution in [2.24, 2.45) is 11.8 Å². The second-order valence-electron chi connectivity index (χ2n) is 8.34. The highest BCUT2D eigenvalue weighted by Crippen LogP contribution is 2.40. The summed E-state index contributed by atoms with van der Waals surface area (Å²) < 4.78 is 11.0. The molecule has 2 aromatic carbocycles. The molecule has 0 unspecified atom stereocenters. The molecule has 158 valence electrons. The zero-order valence-corrected chi connectivity index (χ0v) is 17.7. The van der Waals surface area contributed by atoms with Gasteiger partial charge in [0, 0.05) is 38.7 Å². The molecular formula is C24H28N2O4. The van der Waals surface area contributed by atoms with Crippen molar-refractivity contribution in [1.82, 2.24) is 9.80 Å². The minimum atomic E-state index is 0.00863. The number of ether oxygens (including phenoxy) is 2. The van der Waals surface area contributed by atoms with E-state index in [2.05, 4.69) is 0 Å². The molecule has 4 rings (SSSR count). The Balaban J connectivity index is 1.38. The number of fused-ring (bicyclic) bond motifs is 1. The van der Waals surface area contributed by atoms with Gasteiger partial charge in [-0.2, -0.15) is 0 Å². The van der Waals surface area contributed by atoms with Crippen molar-refractivity contribution in [3.63, 3.8) is 0 Å². The second-order valence-corrected chi connectivity index (χ2v) is 8.34. The number of rotatable bonds is 5. The zero-order chi connectivity index (χ0) is 21.3. The standard InChI is InChI=1S/C24H28N2O4/c1-25-15-18-13-19(12-17(18)14-23(25)27)26(2)24(28)16-4-6-21(7-5-16)30-22-10-8-20(29-3)9-11-22/h4-11,17-19H,12-15H2,1-3H3/t17-,18+,19-/m1/s1. The van der Waals surface area contributed by atoms with Crippen LogP contribution < -0.4 is 9.47 Å². The third kappa shape index (κ3) is 4.13. The Hall–Kier alpha value is -3.02. The van der Waals surface area contributed by atoms with E-state index in [1.807, 2.05) is 60.3 Å². The van der Waals surface area contributed by atoms with E-state index in [1.165, 1.54) is 0 Å². The maximum atomic E-state index is 13.0. The molecule has 1 saturated carbocycles. The lowest BCUT2D eigenvalue weighted by molar-refractivity contribution is -0.134. The van der Waals surface area contributed by atoms with E-state index < -0.39 is 0 Å². The maximum absolute atomic E-state index is 13.0. The molecule has 2 fully saturated rings. The first-order valence-corrected chi connectivity index (χ1v) is 10.4. The predicted octanol–water partition coefficient (Wildman–Crippen LogP) is 3.82. The molecule has 0 bridgehead atoms. The van der Waals surface area contributed by atoms with Crippen molar-refractivity contribution in [3.05, 3.63) is 54.1 Å². The fourth-order valence-electron chi connectivity index (χ4n) is 4.62. The zero-order valence-electron chi connectivity index (χ0n) is 17.7. The van der Waals surface area contributed by atoms with Crippen LogP contribution in [0.2, 0.25) is 0 Å². The highest BCUT2D eigenvalue weighted by molar-refractivity contribution is 5.94. The number of benzene rings is 2. The lowest BCUT2D eigenvalue weighted by Crippen LogP contribution is -2.39. The highest BCUT2D eigenvalue weighted by atomic mass is 16.5. The molecular weight excluding hydrogens is 380 g/mol. The highest BCUT2D eigenvalue weighted by Gasteiger charge is 2.42. The molecule has 0 spiro atoms.